The summed E-state index contributed by atoms with van der Waals surface area (Å²) in [7, 11) is 3.47. The molecular formula is C43H47N5O9S. The fourth-order valence-electron chi connectivity index (χ4n) is 9.54. The Morgan fingerprint density at radius 1 is 1.07 bits per heavy atom. The maximum atomic E-state index is 14.1. The Labute approximate surface area is 341 Å². The summed E-state index contributed by atoms with van der Waals surface area (Å²) in [6.07, 6.45) is 3.49. The zero-order valence-corrected chi connectivity index (χ0v) is 34.0. The lowest BCUT2D eigenvalue weighted by Crippen LogP contribution is -2.69. The number of phenols is 2. The number of thioether (sulfide) groups is 1. The molecule has 3 aromatic rings. The average Bonchev–Trinajstić information content (AvgIpc) is 3.70. The maximum Gasteiger partial charge on any atom is 0.329 e. The van der Waals surface area contributed by atoms with Gasteiger partial charge in [-0.2, -0.15) is 5.26 Å². The van der Waals surface area contributed by atoms with Gasteiger partial charge in [0.1, 0.15) is 30.5 Å². The normalized spacial score (nSPS) is 26.5. The van der Waals surface area contributed by atoms with Crippen LogP contribution in [0.5, 0.6) is 28.7 Å². The number of likely N-dealkylation sites (N-methyl/N-ethyl adjacent to an activating group) is 1. The SMILES string of the molecule is COc1c(C)cc2c(c1O)[C@@H]1C3[C@@H]4SC[C@H](NC(=O)C(NC(=O)/C=C/c5ccccc5)C(C)C)C(=O)OC[C@@H](c5c6c(c(C)c(O)c54)OCO6)N3[C@@H](C#N)[C@H](C2)N1C. The Morgan fingerprint density at radius 3 is 2.52 bits per heavy atom. The fraction of sp³-hybridized carbons (Fsp3) is 0.442. The van der Waals surface area contributed by atoms with Gasteiger partial charge in [-0.15, -0.1) is 11.8 Å². The van der Waals surface area contributed by atoms with Crippen LogP contribution in [-0.4, -0.2) is 101 Å². The molecule has 6 aliphatic rings. The van der Waals surface area contributed by atoms with Crippen LogP contribution in [0.2, 0.25) is 0 Å². The highest BCUT2D eigenvalue weighted by Gasteiger charge is 2.60. The Morgan fingerprint density at radius 2 is 1.81 bits per heavy atom. The van der Waals surface area contributed by atoms with Crippen molar-refractivity contribution in [3.63, 3.8) is 0 Å². The maximum absolute atomic E-state index is 14.1. The largest absolute Gasteiger partial charge is 0.507 e. The van der Waals surface area contributed by atoms with E-state index in [2.05, 4.69) is 26.5 Å². The summed E-state index contributed by atoms with van der Waals surface area (Å²) in [5.41, 5.74) is 4.81. The second kappa shape index (κ2) is 15.4. The number of benzene rings is 3. The molecule has 6 aliphatic heterocycles. The summed E-state index contributed by atoms with van der Waals surface area (Å²) in [6, 6.07) is 8.94. The molecule has 2 fully saturated rings. The molecule has 8 atom stereocenters. The van der Waals surface area contributed by atoms with Crippen LogP contribution in [0.1, 0.15) is 70.1 Å². The van der Waals surface area contributed by atoms with E-state index in [4.69, 9.17) is 18.9 Å². The number of aromatic hydroxyl groups is 2. The number of rotatable bonds is 7. The first-order valence-corrected chi connectivity index (χ1v) is 20.5. The van der Waals surface area contributed by atoms with Crippen LogP contribution in [0.3, 0.4) is 0 Å². The summed E-state index contributed by atoms with van der Waals surface area (Å²) in [5, 5.41) is 40.1. The van der Waals surface area contributed by atoms with E-state index in [9.17, 15) is 29.9 Å². The van der Waals surface area contributed by atoms with Crippen LogP contribution in [0.4, 0.5) is 0 Å². The average molecular weight is 810 g/mol. The highest BCUT2D eigenvalue weighted by Crippen LogP contribution is 2.63. The number of carbonyl (C=O) groups excluding carboxylic acids is 3. The number of nitrogens with zero attached hydrogens (tertiary/aromatic N) is 3. The number of hydrogen-bond donors (Lipinski definition) is 4. The standard InChI is InChI=1S/C43H47N5O9S/c1-20(2)33(46-29(49)13-12-23-10-8-7-9-11-23)42(52)45-25-18-58-41-32-31(40-39(56-19-57-40)22(4)36(32)50)28(17-55-43(25)53)48-27(16-44)26-15-24-14-21(3)38(54-6)37(51)30(24)34(35(41)48)47(26)5/h7-14,20,25-28,33-35,41,50-51H,15,17-19H2,1-6H3,(H,45,52)(H,46,49)/b13-12+/t25-,26-,27-,28-,33?,34+,35?,41+/m0/s1. The van der Waals surface area contributed by atoms with Gasteiger partial charge in [0, 0.05) is 46.2 Å². The van der Waals surface area contributed by atoms with Crippen molar-refractivity contribution in [3.8, 4) is 34.8 Å². The first-order chi connectivity index (χ1) is 27.9. The van der Waals surface area contributed by atoms with Gasteiger partial charge in [-0.25, -0.2) is 4.79 Å². The number of carbonyl (C=O) groups is 3. The smallest absolute Gasteiger partial charge is 0.329 e. The second-order valence-corrected chi connectivity index (χ2v) is 17.0. The number of aryl methyl sites for hydroxylation is 1. The molecule has 2 saturated heterocycles. The number of piperazine rings is 1. The number of ether oxygens (including phenoxy) is 4. The van der Waals surface area contributed by atoms with E-state index in [1.54, 1.807) is 26.8 Å². The second-order valence-electron chi connectivity index (χ2n) is 15.8. The van der Waals surface area contributed by atoms with Crippen molar-refractivity contribution < 1.29 is 43.5 Å². The number of nitriles is 1. The zero-order chi connectivity index (χ0) is 41.2. The Kier molecular flexibility index (Phi) is 10.5. The molecule has 14 nitrogen and oxygen atoms in total. The summed E-state index contributed by atoms with van der Waals surface area (Å²) in [5.74, 6) is -0.814. The van der Waals surface area contributed by atoms with Crippen LogP contribution < -0.4 is 24.8 Å². The molecule has 6 heterocycles. The van der Waals surface area contributed by atoms with Crippen molar-refractivity contribution in [2.75, 3.05) is 33.3 Å². The van der Waals surface area contributed by atoms with Crippen LogP contribution in [-0.2, 0) is 25.5 Å². The van der Waals surface area contributed by atoms with Gasteiger partial charge >= 0.3 is 5.97 Å². The molecule has 4 bridgehead atoms. The molecular weight excluding hydrogens is 763 g/mol. The Bertz CT molecular complexity index is 2240. The number of esters is 1. The number of methoxy groups -OCH3 is 1. The molecule has 15 heteroatoms. The van der Waals surface area contributed by atoms with Crippen molar-refractivity contribution in [2.45, 2.75) is 81.7 Å². The number of fused-ring (bicyclic) bond motifs is 10. The molecule has 3 aromatic carbocycles. The summed E-state index contributed by atoms with van der Waals surface area (Å²) in [4.78, 5) is 45.3. The quantitative estimate of drug-likeness (QED) is 0.196. The molecule has 0 saturated carbocycles. The highest BCUT2D eigenvalue weighted by atomic mass is 32.2. The van der Waals surface area contributed by atoms with E-state index >= 15 is 0 Å². The molecule has 0 aromatic heterocycles. The van der Waals surface area contributed by atoms with E-state index in [-0.39, 0.29) is 42.6 Å². The van der Waals surface area contributed by atoms with E-state index in [0.717, 1.165) is 16.7 Å². The van der Waals surface area contributed by atoms with E-state index in [1.165, 1.54) is 24.9 Å². The molecule has 304 valence electrons. The van der Waals surface area contributed by atoms with E-state index < -0.39 is 59.3 Å². The summed E-state index contributed by atoms with van der Waals surface area (Å²) in [6.45, 7) is 6.93. The molecule has 58 heavy (non-hydrogen) atoms. The third-order valence-corrected chi connectivity index (χ3v) is 13.6. The van der Waals surface area contributed by atoms with Gasteiger partial charge in [-0.3, -0.25) is 19.4 Å². The molecule has 2 unspecified atom stereocenters. The molecule has 2 amide bonds. The third-order valence-electron chi connectivity index (χ3n) is 12.2. The Hall–Kier alpha value is -5.43. The van der Waals surface area contributed by atoms with Crippen LogP contribution in [0, 0.1) is 31.1 Å². The van der Waals surface area contributed by atoms with Gasteiger partial charge in [0.25, 0.3) is 0 Å². The van der Waals surface area contributed by atoms with Gasteiger partial charge in [-0.05, 0) is 56.0 Å². The molecule has 0 aliphatic carbocycles. The van der Waals surface area contributed by atoms with Gasteiger partial charge in [0.15, 0.2) is 23.0 Å². The number of hydrogen-bond acceptors (Lipinski definition) is 13. The highest BCUT2D eigenvalue weighted by molar-refractivity contribution is 7.99. The fourth-order valence-corrected chi connectivity index (χ4v) is 11.1. The number of phenolic OH excluding ortho intramolecular Hbond substituents is 2. The topological polar surface area (TPSA) is 183 Å². The van der Waals surface area contributed by atoms with Gasteiger partial charge in [-0.1, -0.05) is 50.2 Å². The summed E-state index contributed by atoms with van der Waals surface area (Å²) >= 11 is 1.34. The minimum Gasteiger partial charge on any atom is -0.507 e. The number of nitrogens with one attached hydrogen (secondary N) is 2. The predicted octanol–water partition coefficient (Wildman–Crippen LogP) is 4.35. The van der Waals surface area contributed by atoms with Crippen molar-refractivity contribution in [2.24, 2.45) is 5.92 Å². The monoisotopic (exact) mass is 809 g/mol. The van der Waals surface area contributed by atoms with Crippen LogP contribution in [0.25, 0.3) is 6.08 Å². The lowest BCUT2D eigenvalue weighted by molar-refractivity contribution is -0.152. The minimum absolute atomic E-state index is 0.0000490. The lowest BCUT2D eigenvalue weighted by atomic mass is 9.71. The molecule has 4 N–H and O–H groups in total. The molecule has 0 spiro atoms. The molecule has 0 radical (unpaired) electrons. The van der Waals surface area contributed by atoms with Crippen LogP contribution in [0.15, 0.2) is 42.5 Å². The first kappa shape index (κ1) is 39.4. The minimum atomic E-state index is -1.14. The predicted molar refractivity (Wildman–Crippen MR) is 214 cm³/mol. The van der Waals surface area contributed by atoms with Crippen molar-refractivity contribution in [1.29, 1.82) is 5.26 Å². The van der Waals surface area contributed by atoms with Crippen molar-refractivity contribution >= 4 is 35.6 Å². The lowest BCUT2D eigenvalue weighted by Gasteiger charge is -2.61. The van der Waals surface area contributed by atoms with Gasteiger partial charge in [0.05, 0.1) is 30.5 Å². The Balaban J connectivity index is 1.20. The van der Waals surface area contributed by atoms with E-state index in [1.807, 2.05) is 50.4 Å². The van der Waals surface area contributed by atoms with Crippen molar-refractivity contribution in [3.05, 3.63) is 81.4 Å². The number of amides is 2. The van der Waals surface area contributed by atoms with Gasteiger partial charge < -0.3 is 39.8 Å². The zero-order valence-electron chi connectivity index (χ0n) is 33.1. The van der Waals surface area contributed by atoms with Gasteiger partial charge in [0.2, 0.25) is 18.6 Å². The summed E-state index contributed by atoms with van der Waals surface area (Å²) < 4.78 is 23.8. The van der Waals surface area contributed by atoms with Crippen LogP contribution >= 0.6 is 11.8 Å². The first-order valence-electron chi connectivity index (χ1n) is 19.4. The molecule has 9 rings (SSSR count). The van der Waals surface area contributed by atoms with Crippen molar-refractivity contribution in [1.82, 2.24) is 20.4 Å². The van der Waals surface area contributed by atoms with E-state index in [0.29, 0.717) is 45.9 Å². The third kappa shape index (κ3) is 6.38.